The Kier molecular flexibility index (Phi) is 5.88. The van der Waals surface area contributed by atoms with Crippen LogP contribution in [0.3, 0.4) is 0 Å². The molecule has 0 fully saturated rings. The highest BCUT2D eigenvalue weighted by Gasteiger charge is 2.03. The lowest BCUT2D eigenvalue weighted by Gasteiger charge is -2.13. The molecule has 0 heterocycles. The first kappa shape index (κ1) is 14.7. The van der Waals surface area contributed by atoms with Crippen molar-refractivity contribution in [2.45, 2.75) is 19.5 Å². The molecule has 6 heteroatoms. The zero-order valence-corrected chi connectivity index (χ0v) is 11.2. The molecule has 1 aromatic rings. The number of nitrogens with zero attached hydrogens (tertiary/aromatic N) is 1. The van der Waals surface area contributed by atoms with Gasteiger partial charge in [0.15, 0.2) is 5.96 Å². The van der Waals surface area contributed by atoms with Gasteiger partial charge >= 0.3 is 0 Å². The van der Waals surface area contributed by atoms with E-state index in [2.05, 4.69) is 10.3 Å². The third-order valence-corrected chi connectivity index (χ3v) is 2.52. The number of nitrogens with one attached hydrogen (secondary N) is 1. The van der Waals surface area contributed by atoms with Gasteiger partial charge in [-0.05, 0) is 24.6 Å². The molecule has 1 aromatic carbocycles. The molecule has 0 aromatic heterocycles. The van der Waals surface area contributed by atoms with E-state index in [1.807, 2.05) is 6.92 Å². The summed E-state index contributed by atoms with van der Waals surface area (Å²) in [5.41, 5.74) is 6.49. The van der Waals surface area contributed by atoms with Crippen LogP contribution in [-0.2, 0) is 11.3 Å². The van der Waals surface area contributed by atoms with Crippen LogP contribution in [0.4, 0.5) is 4.39 Å². The van der Waals surface area contributed by atoms with E-state index in [0.717, 1.165) is 5.56 Å². The van der Waals surface area contributed by atoms with Gasteiger partial charge in [-0.2, -0.15) is 0 Å². The minimum atomic E-state index is -0.441. The van der Waals surface area contributed by atoms with Gasteiger partial charge in [0.05, 0.1) is 18.2 Å². The Morgan fingerprint density at radius 1 is 1.61 bits per heavy atom. The van der Waals surface area contributed by atoms with E-state index in [1.54, 1.807) is 13.2 Å². The van der Waals surface area contributed by atoms with Crippen molar-refractivity contribution in [1.82, 2.24) is 5.32 Å². The summed E-state index contributed by atoms with van der Waals surface area (Å²) in [7, 11) is 1.62. The van der Waals surface area contributed by atoms with Crippen LogP contribution in [-0.4, -0.2) is 25.7 Å². The van der Waals surface area contributed by atoms with Crippen LogP contribution >= 0.6 is 11.6 Å². The lowest BCUT2D eigenvalue weighted by atomic mass is 10.2. The number of benzene rings is 1. The lowest BCUT2D eigenvalue weighted by Crippen LogP contribution is -2.40. The Hall–Kier alpha value is -1.33. The van der Waals surface area contributed by atoms with Gasteiger partial charge in [-0.25, -0.2) is 9.38 Å². The van der Waals surface area contributed by atoms with E-state index in [-0.39, 0.29) is 11.1 Å². The Bertz CT molecular complexity index is 426. The summed E-state index contributed by atoms with van der Waals surface area (Å²) in [6.45, 7) is 2.82. The van der Waals surface area contributed by atoms with Crippen LogP contribution in [0.2, 0.25) is 5.02 Å². The smallest absolute Gasteiger partial charge is 0.189 e. The van der Waals surface area contributed by atoms with Crippen LogP contribution in [0, 0.1) is 5.82 Å². The Morgan fingerprint density at radius 3 is 2.94 bits per heavy atom. The number of hydrogen-bond donors (Lipinski definition) is 2. The maximum atomic E-state index is 12.9. The van der Waals surface area contributed by atoms with Crippen molar-refractivity contribution in [3.8, 4) is 0 Å². The molecule has 18 heavy (non-hydrogen) atoms. The lowest BCUT2D eigenvalue weighted by molar-refractivity contribution is 0.179. The van der Waals surface area contributed by atoms with Crippen molar-refractivity contribution in [2.24, 2.45) is 10.7 Å². The fraction of sp³-hybridized carbons (Fsp3) is 0.417. The molecule has 4 nitrogen and oxygen atoms in total. The minimum Gasteiger partial charge on any atom is -0.383 e. The van der Waals surface area contributed by atoms with Crippen molar-refractivity contribution >= 4 is 17.6 Å². The first-order chi connectivity index (χ1) is 8.52. The number of rotatable bonds is 5. The summed E-state index contributed by atoms with van der Waals surface area (Å²) in [6, 6.07) is 4.54. The third kappa shape index (κ3) is 4.89. The summed E-state index contributed by atoms with van der Waals surface area (Å²) < 4.78 is 17.9. The molecule has 0 saturated heterocycles. The molecule has 3 N–H and O–H groups in total. The first-order valence-electron chi connectivity index (χ1n) is 5.52. The van der Waals surface area contributed by atoms with Crippen LogP contribution in [0.1, 0.15) is 12.5 Å². The zero-order chi connectivity index (χ0) is 13.5. The third-order valence-electron chi connectivity index (χ3n) is 2.23. The van der Waals surface area contributed by atoms with Gasteiger partial charge < -0.3 is 15.8 Å². The zero-order valence-electron chi connectivity index (χ0n) is 10.4. The quantitative estimate of drug-likeness (QED) is 0.636. The van der Waals surface area contributed by atoms with E-state index in [0.29, 0.717) is 19.1 Å². The standard InChI is InChI=1S/C12H17ClFN3O/c1-8(7-18-2)17-12(15)16-6-9-3-4-11(14)10(13)5-9/h3-5,8H,6-7H2,1-2H3,(H3,15,16,17). The summed E-state index contributed by atoms with van der Waals surface area (Å²) in [5, 5.41) is 3.06. The van der Waals surface area contributed by atoms with Crippen LogP contribution < -0.4 is 11.1 Å². The van der Waals surface area contributed by atoms with E-state index < -0.39 is 5.82 Å². The molecule has 0 aliphatic carbocycles. The van der Waals surface area contributed by atoms with E-state index in [9.17, 15) is 4.39 Å². The summed E-state index contributed by atoms with van der Waals surface area (Å²) in [4.78, 5) is 4.13. The van der Waals surface area contributed by atoms with Gasteiger partial charge in [0.1, 0.15) is 5.82 Å². The number of methoxy groups -OCH3 is 1. The Labute approximate surface area is 111 Å². The van der Waals surface area contributed by atoms with Gasteiger partial charge in [0.2, 0.25) is 0 Å². The average molecular weight is 274 g/mol. The molecule has 0 radical (unpaired) electrons. The molecule has 0 aliphatic heterocycles. The molecule has 0 aliphatic rings. The maximum absolute atomic E-state index is 12.9. The molecule has 0 spiro atoms. The predicted molar refractivity (Wildman–Crippen MR) is 71.2 cm³/mol. The fourth-order valence-electron chi connectivity index (χ4n) is 1.40. The molecular weight excluding hydrogens is 257 g/mol. The number of hydrogen-bond acceptors (Lipinski definition) is 2. The molecule has 0 saturated carbocycles. The summed E-state index contributed by atoms with van der Waals surface area (Å²) in [5.74, 6) is -0.121. The van der Waals surface area contributed by atoms with Crippen LogP contribution in [0.15, 0.2) is 23.2 Å². The van der Waals surface area contributed by atoms with Crippen LogP contribution in [0.5, 0.6) is 0 Å². The molecule has 0 bridgehead atoms. The SMILES string of the molecule is COCC(C)NC(N)=NCc1ccc(F)c(Cl)c1. The number of aliphatic imine (C=N–C) groups is 1. The molecule has 0 amide bonds. The van der Waals surface area contributed by atoms with Crippen molar-refractivity contribution in [2.75, 3.05) is 13.7 Å². The summed E-state index contributed by atoms with van der Waals surface area (Å²) in [6.07, 6.45) is 0. The Morgan fingerprint density at radius 2 is 2.33 bits per heavy atom. The Balaban J connectivity index is 2.54. The summed E-state index contributed by atoms with van der Waals surface area (Å²) >= 11 is 5.67. The molecule has 1 unspecified atom stereocenters. The van der Waals surface area contributed by atoms with Crippen molar-refractivity contribution in [1.29, 1.82) is 0 Å². The van der Waals surface area contributed by atoms with Gasteiger partial charge in [-0.3, -0.25) is 0 Å². The van der Waals surface area contributed by atoms with E-state index >= 15 is 0 Å². The maximum Gasteiger partial charge on any atom is 0.189 e. The predicted octanol–water partition coefficient (Wildman–Crippen LogP) is 1.92. The van der Waals surface area contributed by atoms with E-state index in [4.69, 9.17) is 22.1 Å². The van der Waals surface area contributed by atoms with Gasteiger partial charge in [-0.1, -0.05) is 17.7 Å². The molecule has 1 atom stereocenters. The second-order valence-corrected chi connectivity index (χ2v) is 4.36. The second-order valence-electron chi connectivity index (χ2n) is 3.95. The van der Waals surface area contributed by atoms with Crippen LogP contribution in [0.25, 0.3) is 0 Å². The van der Waals surface area contributed by atoms with Gasteiger partial charge in [-0.15, -0.1) is 0 Å². The topological polar surface area (TPSA) is 59.6 Å². The highest BCUT2D eigenvalue weighted by atomic mass is 35.5. The van der Waals surface area contributed by atoms with Crippen molar-refractivity contribution in [3.63, 3.8) is 0 Å². The minimum absolute atomic E-state index is 0.0792. The number of ether oxygens (including phenoxy) is 1. The molecule has 1 rings (SSSR count). The monoisotopic (exact) mass is 273 g/mol. The number of halogens is 2. The van der Waals surface area contributed by atoms with Gasteiger partial charge in [0, 0.05) is 13.2 Å². The number of nitrogens with two attached hydrogens (primary N) is 1. The highest BCUT2D eigenvalue weighted by molar-refractivity contribution is 6.30. The normalized spacial score (nSPS) is 13.4. The van der Waals surface area contributed by atoms with Crippen molar-refractivity contribution in [3.05, 3.63) is 34.6 Å². The first-order valence-corrected chi connectivity index (χ1v) is 5.90. The highest BCUT2D eigenvalue weighted by Crippen LogP contribution is 2.16. The molecular formula is C12H17ClFN3O. The second kappa shape index (κ2) is 7.18. The van der Waals surface area contributed by atoms with Crippen molar-refractivity contribution < 1.29 is 9.13 Å². The number of guanidine groups is 1. The van der Waals surface area contributed by atoms with E-state index in [1.165, 1.54) is 12.1 Å². The average Bonchev–Trinajstić information content (AvgIpc) is 2.31. The fourth-order valence-corrected chi connectivity index (χ4v) is 1.61. The largest absolute Gasteiger partial charge is 0.383 e. The molecule has 100 valence electrons. The van der Waals surface area contributed by atoms with Gasteiger partial charge in [0.25, 0.3) is 0 Å².